The average Bonchev–Trinajstić information content (AvgIpc) is 2.39. The van der Waals surface area contributed by atoms with Crippen molar-refractivity contribution in [2.45, 2.75) is 13.5 Å². The molecule has 3 nitrogen and oxygen atoms in total. The fourth-order valence-corrected chi connectivity index (χ4v) is 1.75. The molecule has 0 radical (unpaired) electrons. The van der Waals surface area contributed by atoms with Gasteiger partial charge in [-0.2, -0.15) is 0 Å². The fourth-order valence-electron chi connectivity index (χ4n) is 1.75. The molecule has 1 aromatic rings. The number of rotatable bonds is 7. The van der Waals surface area contributed by atoms with Crippen LogP contribution in [0.2, 0.25) is 0 Å². The molecule has 3 heteroatoms. The lowest BCUT2D eigenvalue weighted by Crippen LogP contribution is -2.28. The predicted molar refractivity (Wildman–Crippen MR) is 77.5 cm³/mol. The minimum atomic E-state index is 0.860. The molecule has 0 bridgehead atoms. The van der Waals surface area contributed by atoms with Crippen LogP contribution in [0, 0.1) is 0 Å². The van der Waals surface area contributed by atoms with Crippen molar-refractivity contribution >= 4 is 5.71 Å². The van der Waals surface area contributed by atoms with Gasteiger partial charge >= 0.3 is 0 Å². The van der Waals surface area contributed by atoms with Crippen LogP contribution in [0.3, 0.4) is 0 Å². The lowest BCUT2D eigenvalue weighted by molar-refractivity contribution is 0.336. The molecule has 0 aromatic heterocycles. The zero-order valence-corrected chi connectivity index (χ0v) is 11.5. The molecule has 0 fully saturated rings. The number of benzene rings is 1. The number of nitrogens with zero attached hydrogens (tertiary/aromatic N) is 2. The van der Waals surface area contributed by atoms with E-state index >= 15 is 0 Å². The van der Waals surface area contributed by atoms with Gasteiger partial charge in [0.15, 0.2) is 0 Å². The summed E-state index contributed by atoms with van der Waals surface area (Å²) in [6.07, 6.45) is 1.92. The third kappa shape index (κ3) is 4.72. The van der Waals surface area contributed by atoms with Crippen molar-refractivity contribution in [2.75, 3.05) is 27.2 Å². The third-order valence-corrected chi connectivity index (χ3v) is 2.79. The molecular weight excluding hydrogens is 224 g/mol. The van der Waals surface area contributed by atoms with Crippen LogP contribution in [-0.4, -0.2) is 37.9 Å². The van der Waals surface area contributed by atoms with E-state index in [-0.39, 0.29) is 0 Å². The zero-order valence-electron chi connectivity index (χ0n) is 11.5. The Hall–Kier alpha value is -1.61. The Labute approximate surface area is 110 Å². The maximum Gasteiger partial charge on any atom is 0.118 e. The highest BCUT2D eigenvalue weighted by Crippen LogP contribution is 2.13. The summed E-state index contributed by atoms with van der Waals surface area (Å²) in [7, 11) is 3.51. The number of ether oxygens (including phenoxy) is 1. The molecule has 0 saturated carbocycles. The van der Waals surface area contributed by atoms with Crippen molar-refractivity contribution in [2.24, 2.45) is 4.99 Å². The van der Waals surface area contributed by atoms with E-state index in [1.807, 2.05) is 32.2 Å². The van der Waals surface area contributed by atoms with Gasteiger partial charge in [-0.1, -0.05) is 18.2 Å². The van der Waals surface area contributed by atoms with Crippen LogP contribution in [0.25, 0.3) is 0 Å². The highest BCUT2D eigenvalue weighted by atomic mass is 16.5. The minimum Gasteiger partial charge on any atom is -0.497 e. The number of aliphatic imine (C=N–C) groups is 1. The first-order valence-electron chi connectivity index (χ1n) is 6.08. The van der Waals surface area contributed by atoms with Crippen LogP contribution in [0.15, 0.2) is 41.9 Å². The van der Waals surface area contributed by atoms with Crippen LogP contribution in [-0.2, 0) is 6.54 Å². The van der Waals surface area contributed by atoms with E-state index < -0.39 is 0 Å². The van der Waals surface area contributed by atoms with E-state index in [9.17, 15) is 0 Å². The molecule has 1 aromatic carbocycles. The summed E-state index contributed by atoms with van der Waals surface area (Å²) >= 11 is 0. The first kappa shape index (κ1) is 14.5. The maximum atomic E-state index is 5.15. The molecule has 1 rings (SSSR count). The number of hydrogen-bond acceptors (Lipinski definition) is 3. The van der Waals surface area contributed by atoms with Crippen LogP contribution in [0.1, 0.15) is 12.5 Å². The smallest absolute Gasteiger partial charge is 0.118 e. The Bertz CT molecular complexity index is 395. The molecule has 0 aliphatic heterocycles. The van der Waals surface area contributed by atoms with Gasteiger partial charge in [0.05, 0.1) is 7.11 Å². The van der Waals surface area contributed by atoms with Gasteiger partial charge in [0.2, 0.25) is 0 Å². The SMILES string of the molecule is C=CCN(CC(C)=NC)Cc1ccc(OC)cc1. The molecule has 0 amide bonds. The Kier molecular flexibility index (Phi) is 6.15. The highest BCUT2D eigenvalue weighted by molar-refractivity contribution is 5.83. The van der Waals surface area contributed by atoms with Gasteiger partial charge in [-0.15, -0.1) is 6.58 Å². The summed E-state index contributed by atoms with van der Waals surface area (Å²) in [5.41, 5.74) is 2.40. The van der Waals surface area contributed by atoms with Crippen molar-refractivity contribution < 1.29 is 4.74 Å². The van der Waals surface area contributed by atoms with Gasteiger partial charge in [-0.05, 0) is 24.6 Å². The minimum absolute atomic E-state index is 0.860. The van der Waals surface area contributed by atoms with Crippen LogP contribution >= 0.6 is 0 Å². The normalized spacial score (nSPS) is 11.7. The van der Waals surface area contributed by atoms with Crippen LogP contribution in [0.4, 0.5) is 0 Å². The van der Waals surface area contributed by atoms with E-state index in [0.29, 0.717) is 0 Å². The monoisotopic (exact) mass is 246 g/mol. The molecule has 0 aliphatic rings. The molecule has 0 aliphatic carbocycles. The summed E-state index contributed by atoms with van der Waals surface area (Å²) < 4.78 is 5.15. The van der Waals surface area contributed by atoms with Gasteiger partial charge < -0.3 is 4.74 Å². The average molecular weight is 246 g/mol. The van der Waals surface area contributed by atoms with E-state index in [0.717, 1.165) is 31.1 Å². The molecule has 0 saturated heterocycles. The Morgan fingerprint density at radius 3 is 2.56 bits per heavy atom. The van der Waals surface area contributed by atoms with Gasteiger partial charge in [0, 0.05) is 32.4 Å². The van der Waals surface area contributed by atoms with Crippen molar-refractivity contribution in [1.29, 1.82) is 0 Å². The Balaban J connectivity index is 2.66. The summed E-state index contributed by atoms with van der Waals surface area (Å²) in [5.74, 6) is 0.889. The fraction of sp³-hybridized carbons (Fsp3) is 0.400. The van der Waals surface area contributed by atoms with Crippen molar-refractivity contribution in [3.05, 3.63) is 42.5 Å². The maximum absolute atomic E-state index is 5.15. The van der Waals surface area contributed by atoms with Gasteiger partial charge in [-0.3, -0.25) is 9.89 Å². The largest absolute Gasteiger partial charge is 0.497 e. The first-order valence-corrected chi connectivity index (χ1v) is 6.08. The second-order valence-electron chi connectivity index (χ2n) is 4.27. The lowest BCUT2D eigenvalue weighted by atomic mass is 10.2. The summed E-state index contributed by atoms with van der Waals surface area (Å²) in [6.45, 7) is 8.47. The lowest BCUT2D eigenvalue weighted by Gasteiger charge is -2.20. The predicted octanol–water partition coefficient (Wildman–Crippen LogP) is 2.77. The van der Waals surface area contributed by atoms with Gasteiger partial charge in [0.25, 0.3) is 0 Å². The molecular formula is C15H22N2O. The topological polar surface area (TPSA) is 24.8 Å². The molecule has 0 spiro atoms. The van der Waals surface area contributed by atoms with E-state index in [2.05, 4.69) is 28.6 Å². The van der Waals surface area contributed by atoms with Gasteiger partial charge in [0.1, 0.15) is 5.75 Å². The summed E-state index contributed by atoms with van der Waals surface area (Å²) in [5, 5.41) is 0. The van der Waals surface area contributed by atoms with Crippen molar-refractivity contribution in [3.63, 3.8) is 0 Å². The number of methoxy groups -OCH3 is 1. The van der Waals surface area contributed by atoms with Gasteiger partial charge in [-0.25, -0.2) is 0 Å². The Morgan fingerprint density at radius 2 is 2.06 bits per heavy atom. The first-order chi connectivity index (χ1) is 8.69. The molecule has 0 atom stereocenters. The van der Waals surface area contributed by atoms with E-state index in [1.165, 1.54) is 5.56 Å². The van der Waals surface area contributed by atoms with Crippen LogP contribution in [0.5, 0.6) is 5.75 Å². The second kappa shape index (κ2) is 7.67. The second-order valence-corrected chi connectivity index (χ2v) is 4.27. The number of hydrogen-bond donors (Lipinski definition) is 0. The summed E-state index contributed by atoms with van der Waals surface area (Å²) in [4.78, 5) is 6.50. The zero-order chi connectivity index (χ0) is 13.4. The molecule has 0 heterocycles. The van der Waals surface area contributed by atoms with Crippen molar-refractivity contribution in [1.82, 2.24) is 4.90 Å². The van der Waals surface area contributed by atoms with Crippen molar-refractivity contribution in [3.8, 4) is 5.75 Å². The Morgan fingerprint density at radius 1 is 1.39 bits per heavy atom. The highest BCUT2D eigenvalue weighted by Gasteiger charge is 2.05. The molecule has 0 unspecified atom stereocenters. The van der Waals surface area contributed by atoms with E-state index in [4.69, 9.17) is 4.74 Å². The molecule has 18 heavy (non-hydrogen) atoms. The third-order valence-electron chi connectivity index (χ3n) is 2.79. The van der Waals surface area contributed by atoms with Crippen LogP contribution < -0.4 is 4.74 Å². The standard InChI is InChI=1S/C15H22N2O/c1-5-10-17(11-13(2)16-3)12-14-6-8-15(18-4)9-7-14/h5-9H,1,10-12H2,2-4H3. The van der Waals surface area contributed by atoms with E-state index in [1.54, 1.807) is 7.11 Å². The molecule has 0 N–H and O–H groups in total. The summed E-state index contributed by atoms with van der Waals surface area (Å²) in [6, 6.07) is 8.16. The quantitative estimate of drug-likeness (QED) is 0.546. The molecule has 98 valence electrons.